The lowest BCUT2D eigenvalue weighted by atomic mass is 10.3. The molecule has 0 heterocycles. The minimum atomic E-state index is -4.25. The Kier molecular flexibility index (Phi) is 4.45. The topological polar surface area (TPSA) is 98.5 Å². The average Bonchev–Trinajstić information content (AvgIpc) is 2.47. The lowest BCUT2D eigenvalue weighted by Crippen LogP contribution is -2.13. The molecule has 122 valence electrons. The molecule has 0 aliphatic heterocycles. The van der Waals surface area contributed by atoms with Crippen LogP contribution in [0.4, 0.5) is 20.2 Å². The Morgan fingerprint density at radius 2 is 1.83 bits per heavy atom. The second-order valence-electron chi connectivity index (χ2n) is 4.33. The van der Waals surface area contributed by atoms with E-state index >= 15 is 0 Å². The van der Waals surface area contributed by atoms with Crippen LogP contribution in [0.2, 0.25) is 0 Å². The molecule has 1 N–H and O–H groups in total. The highest BCUT2D eigenvalue weighted by atomic mass is 32.2. The first kappa shape index (κ1) is 16.6. The molecule has 2 aromatic rings. The molecule has 0 aliphatic carbocycles. The number of hydrogen-bond acceptors (Lipinski definition) is 5. The summed E-state index contributed by atoms with van der Waals surface area (Å²) in [5.74, 6) is -2.03. The van der Waals surface area contributed by atoms with E-state index in [1.165, 1.54) is 19.2 Å². The molecule has 2 aromatic carbocycles. The molecule has 0 spiro atoms. The number of benzene rings is 2. The van der Waals surface area contributed by atoms with Gasteiger partial charge in [0.1, 0.15) is 0 Å². The van der Waals surface area contributed by atoms with E-state index in [9.17, 15) is 27.3 Å². The Morgan fingerprint density at radius 1 is 1.13 bits per heavy atom. The van der Waals surface area contributed by atoms with Gasteiger partial charge in [-0.05, 0) is 24.3 Å². The predicted molar refractivity (Wildman–Crippen MR) is 76.8 cm³/mol. The van der Waals surface area contributed by atoms with Crippen LogP contribution in [0.3, 0.4) is 0 Å². The summed E-state index contributed by atoms with van der Waals surface area (Å²) in [7, 11) is -3.00. The lowest BCUT2D eigenvalue weighted by molar-refractivity contribution is -0.387. The lowest BCUT2D eigenvalue weighted by Gasteiger charge is -2.09. The summed E-state index contributed by atoms with van der Waals surface area (Å²) in [5, 5.41) is 10.7. The van der Waals surface area contributed by atoms with Gasteiger partial charge < -0.3 is 4.74 Å². The Hall–Kier alpha value is -2.75. The quantitative estimate of drug-likeness (QED) is 0.664. The molecule has 0 amide bonds. The number of anilines is 1. The molecular formula is C13H10F2N2O5S. The molecule has 2 rings (SSSR count). The Morgan fingerprint density at radius 3 is 2.39 bits per heavy atom. The van der Waals surface area contributed by atoms with Crippen molar-refractivity contribution >= 4 is 21.4 Å². The molecule has 0 unspecified atom stereocenters. The number of sulfonamides is 1. The Labute approximate surface area is 129 Å². The fraction of sp³-hybridized carbons (Fsp3) is 0.0769. The Bertz CT molecular complexity index is 871. The maximum atomic E-state index is 13.6. The minimum Gasteiger partial charge on any atom is -0.494 e. The summed E-state index contributed by atoms with van der Waals surface area (Å²) in [6.07, 6.45) is 0. The van der Waals surface area contributed by atoms with Gasteiger partial charge in [-0.1, -0.05) is 0 Å². The first-order valence-corrected chi connectivity index (χ1v) is 7.53. The van der Waals surface area contributed by atoms with Crippen LogP contribution < -0.4 is 9.46 Å². The van der Waals surface area contributed by atoms with Crippen LogP contribution >= 0.6 is 0 Å². The zero-order chi connectivity index (χ0) is 17.2. The second kappa shape index (κ2) is 6.16. The predicted octanol–water partition coefficient (Wildman–Crippen LogP) is 2.68. The molecule has 0 aliphatic rings. The molecule has 0 aromatic heterocycles. The van der Waals surface area contributed by atoms with Crippen molar-refractivity contribution in [1.29, 1.82) is 0 Å². The molecule has 0 bridgehead atoms. The molecule has 0 radical (unpaired) electrons. The summed E-state index contributed by atoms with van der Waals surface area (Å²) in [6, 6.07) is 5.45. The van der Waals surface area contributed by atoms with E-state index in [4.69, 9.17) is 4.74 Å². The maximum absolute atomic E-state index is 13.6. The minimum absolute atomic E-state index is 0.0784. The zero-order valence-electron chi connectivity index (χ0n) is 11.6. The molecule has 0 fully saturated rings. The van der Waals surface area contributed by atoms with Gasteiger partial charge in [0.25, 0.3) is 10.0 Å². The first-order chi connectivity index (χ1) is 10.7. The van der Waals surface area contributed by atoms with E-state index in [0.29, 0.717) is 12.1 Å². The number of nitro groups is 1. The number of nitrogens with one attached hydrogen (secondary N) is 1. The number of hydrogen-bond donors (Lipinski definition) is 1. The van der Waals surface area contributed by atoms with Crippen LogP contribution in [0.15, 0.2) is 41.3 Å². The average molecular weight is 344 g/mol. The summed E-state index contributed by atoms with van der Waals surface area (Å²) in [5.41, 5.74) is -1.09. The van der Waals surface area contributed by atoms with Crippen LogP contribution in [0, 0.1) is 21.7 Å². The number of ether oxygens (including phenoxy) is 1. The highest BCUT2D eigenvalue weighted by molar-refractivity contribution is 7.92. The van der Waals surface area contributed by atoms with Gasteiger partial charge in [-0.2, -0.15) is 4.39 Å². The first-order valence-electron chi connectivity index (χ1n) is 6.05. The highest BCUT2D eigenvalue weighted by Gasteiger charge is 2.22. The van der Waals surface area contributed by atoms with E-state index in [1.54, 1.807) is 0 Å². The van der Waals surface area contributed by atoms with E-state index < -0.39 is 37.2 Å². The van der Waals surface area contributed by atoms with Crippen LogP contribution in [0.25, 0.3) is 0 Å². The van der Waals surface area contributed by atoms with Crippen molar-refractivity contribution in [3.63, 3.8) is 0 Å². The molecule has 23 heavy (non-hydrogen) atoms. The highest BCUT2D eigenvalue weighted by Crippen LogP contribution is 2.25. The monoisotopic (exact) mass is 344 g/mol. The van der Waals surface area contributed by atoms with Gasteiger partial charge in [-0.15, -0.1) is 0 Å². The third-order valence-corrected chi connectivity index (χ3v) is 4.21. The van der Waals surface area contributed by atoms with Crippen molar-refractivity contribution in [2.45, 2.75) is 4.90 Å². The molecule has 0 saturated carbocycles. The number of rotatable bonds is 5. The van der Waals surface area contributed by atoms with Crippen molar-refractivity contribution in [3.8, 4) is 5.75 Å². The van der Waals surface area contributed by atoms with Crippen molar-refractivity contribution < 1.29 is 26.9 Å². The molecule has 10 heteroatoms. The number of methoxy groups -OCH3 is 1. The van der Waals surface area contributed by atoms with Gasteiger partial charge in [-0.25, -0.2) is 12.8 Å². The van der Waals surface area contributed by atoms with E-state index in [-0.39, 0.29) is 11.4 Å². The van der Waals surface area contributed by atoms with Crippen LogP contribution in [0.1, 0.15) is 0 Å². The van der Waals surface area contributed by atoms with Gasteiger partial charge in [0.15, 0.2) is 11.6 Å². The zero-order valence-corrected chi connectivity index (χ0v) is 12.4. The number of nitro benzene ring substituents is 1. The number of nitrogens with zero attached hydrogens (tertiary/aromatic N) is 1. The molecule has 0 atom stereocenters. The van der Waals surface area contributed by atoms with Gasteiger partial charge in [0.2, 0.25) is 5.82 Å². The largest absolute Gasteiger partial charge is 0.494 e. The SMILES string of the molecule is COc1ccc(NS(=O)(=O)c2ccc(F)c([N+](=O)[O-])c2)cc1F. The van der Waals surface area contributed by atoms with Gasteiger partial charge in [0.05, 0.1) is 22.6 Å². The van der Waals surface area contributed by atoms with Gasteiger partial charge in [0, 0.05) is 12.1 Å². The van der Waals surface area contributed by atoms with E-state index in [2.05, 4.69) is 0 Å². The van der Waals surface area contributed by atoms with Gasteiger partial charge >= 0.3 is 5.69 Å². The van der Waals surface area contributed by atoms with Gasteiger partial charge in [-0.3, -0.25) is 14.8 Å². The van der Waals surface area contributed by atoms with Crippen molar-refractivity contribution in [3.05, 3.63) is 58.1 Å². The summed E-state index contributed by atoms with van der Waals surface area (Å²) < 4.78 is 57.8. The third kappa shape index (κ3) is 3.54. The fourth-order valence-corrected chi connectivity index (χ4v) is 2.81. The summed E-state index contributed by atoms with van der Waals surface area (Å²) in [6.45, 7) is 0. The maximum Gasteiger partial charge on any atom is 0.306 e. The van der Waals surface area contributed by atoms with Crippen LogP contribution in [-0.2, 0) is 10.0 Å². The van der Waals surface area contributed by atoms with Crippen molar-refractivity contribution in [2.75, 3.05) is 11.8 Å². The molecule has 7 nitrogen and oxygen atoms in total. The van der Waals surface area contributed by atoms with Crippen LogP contribution in [-0.4, -0.2) is 20.5 Å². The standard InChI is InChI=1S/C13H10F2N2O5S/c1-22-13-5-2-8(6-11(13)15)16-23(20,21)9-3-4-10(14)12(7-9)17(18)19/h2-7,16H,1H3. The number of halogens is 2. The van der Waals surface area contributed by atoms with Crippen molar-refractivity contribution in [2.24, 2.45) is 0 Å². The Balaban J connectivity index is 2.37. The van der Waals surface area contributed by atoms with E-state index in [0.717, 1.165) is 12.1 Å². The summed E-state index contributed by atoms with van der Waals surface area (Å²) >= 11 is 0. The van der Waals surface area contributed by atoms with Crippen LogP contribution in [0.5, 0.6) is 5.75 Å². The van der Waals surface area contributed by atoms with Crippen molar-refractivity contribution in [1.82, 2.24) is 0 Å². The fourth-order valence-electron chi connectivity index (χ4n) is 1.74. The molecular weight excluding hydrogens is 334 g/mol. The normalized spacial score (nSPS) is 11.1. The smallest absolute Gasteiger partial charge is 0.306 e. The third-order valence-electron chi connectivity index (χ3n) is 2.83. The second-order valence-corrected chi connectivity index (χ2v) is 6.01. The molecule has 0 saturated heterocycles. The summed E-state index contributed by atoms with van der Waals surface area (Å²) in [4.78, 5) is 9.09. The van der Waals surface area contributed by atoms with E-state index in [1.807, 2.05) is 4.72 Å².